The van der Waals surface area contributed by atoms with Crippen LogP contribution in [-0.2, 0) is 17.6 Å². The van der Waals surface area contributed by atoms with Crippen LogP contribution in [0.15, 0.2) is 16.8 Å². The number of thiophene rings is 1. The number of nitrogens with one attached hydrogen (secondary N) is 2. The molecule has 0 radical (unpaired) electrons. The van der Waals surface area contributed by atoms with Crippen LogP contribution in [-0.4, -0.2) is 26.9 Å². The van der Waals surface area contributed by atoms with Gasteiger partial charge < -0.3 is 5.32 Å². The van der Waals surface area contributed by atoms with Crippen LogP contribution in [0.5, 0.6) is 0 Å². The maximum Gasteiger partial charge on any atom is 0.234 e. The summed E-state index contributed by atoms with van der Waals surface area (Å²) in [6, 6.07) is 2.44. The smallest absolute Gasteiger partial charge is 0.234 e. The van der Waals surface area contributed by atoms with E-state index in [9.17, 15) is 4.79 Å². The average molecular weight is 347 g/mol. The molecule has 2 rings (SSSR count). The second-order valence-electron chi connectivity index (χ2n) is 5.57. The predicted molar refractivity (Wildman–Crippen MR) is 98.5 cm³/mol. The molecule has 6 nitrogen and oxygen atoms in total. The summed E-state index contributed by atoms with van der Waals surface area (Å²) in [4.78, 5) is 24.6. The third-order valence-corrected chi connectivity index (χ3v) is 4.49. The van der Waals surface area contributed by atoms with E-state index < -0.39 is 0 Å². The molecular weight excluding hydrogens is 322 g/mol. The molecule has 1 amide bonds. The fraction of sp³-hybridized carbons (Fsp3) is 0.529. The molecule has 0 saturated carbocycles. The molecule has 2 aromatic rings. The number of aromatic nitrogens is 3. The van der Waals surface area contributed by atoms with Gasteiger partial charge >= 0.3 is 0 Å². The SMILES string of the molecule is CCC(=O)Nc1nc(CC)nc(NC(CC)CCc2ccsc2)n1. The number of aryl methyl sites for hydroxylation is 2. The van der Waals surface area contributed by atoms with Crippen LogP contribution in [0.25, 0.3) is 0 Å². The first kappa shape index (κ1) is 18.3. The molecule has 130 valence electrons. The maximum absolute atomic E-state index is 11.6. The highest BCUT2D eigenvalue weighted by atomic mass is 32.1. The van der Waals surface area contributed by atoms with Crippen LogP contribution in [0, 0.1) is 0 Å². The predicted octanol–water partition coefficient (Wildman–Crippen LogP) is 3.67. The molecule has 0 fully saturated rings. The molecule has 0 aliphatic heterocycles. The van der Waals surface area contributed by atoms with E-state index in [1.165, 1.54) is 5.56 Å². The summed E-state index contributed by atoms with van der Waals surface area (Å²) in [5, 5.41) is 10.4. The van der Waals surface area contributed by atoms with Crippen molar-refractivity contribution in [2.75, 3.05) is 10.6 Å². The fourth-order valence-electron chi connectivity index (χ4n) is 2.25. The summed E-state index contributed by atoms with van der Waals surface area (Å²) in [5.41, 5.74) is 1.36. The van der Waals surface area contributed by atoms with Gasteiger partial charge in [0.25, 0.3) is 0 Å². The minimum atomic E-state index is -0.0984. The Balaban J connectivity index is 2.04. The highest BCUT2D eigenvalue weighted by molar-refractivity contribution is 7.07. The lowest BCUT2D eigenvalue weighted by atomic mass is 10.1. The van der Waals surface area contributed by atoms with E-state index in [1.807, 2.05) is 6.92 Å². The van der Waals surface area contributed by atoms with Crippen molar-refractivity contribution in [1.29, 1.82) is 0 Å². The van der Waals surface area contributed by atoms with E-state index >= 15 is 0 Å². The molecule has 1 atom stereocenters. The van der Waals surface area contributed by atoms with Crippen LogP contribution in [0.4, 0.5) is 11.9 Å². The van der Waals surface area contributed by atoms with E-state index in [0.717, 1.165) is 19.3 Å². The highest BCUT2D eigenvalue weighted by Gasteiger charge is 2.12. The number of hydrogen-bond acceptors (Lipinski definition) is 6. The summed E-state index contributed by atoms with van der Waals surface area (Å²) >= 11 is 1.72. The lowest BCUT2D eigenvalue weighted by Gasteiger charge is -2.17. The second kappa shape index (κ2) is 9.32. The highest BCUT2D eigenvalue weighted by Crippen LogP contribution is 2.15. The van der Waals surface area contributed by atoms with Crippen molar-refractivity contribution in [1.82, 2.24) is 15.0 Å². The van der Waals surface area contributed by atoms with E-state index in [4.69, 9.17) is 0 Å². The van der Waals surface area contributed by atoms with Crippen LogP contribution in [0.3, 0.4) is 0 Å². The molecule has 0 aliphatic carbocycles. The molecule has 24 heavy (non-hydrogen) atoms. The van der Waals surface area contributed by atoms with E-state index in [0.29, 0.717) is 30.6 Å². The Kier molecular flexibility index (Phi) is 7.11. The first-order valence-corrected chi connectivity index (χ1v) is 9.41. The van der Waals surface area contributed by atoms with Gasteiger partial charge in [0.15, 0.2) is 0 Å². The molecule has 2 N–H and O–H groups in total. The van der Waals surface area contributed by atoms with Crippen LogP contribution in [0.2, 0.25) is 0 Å². The standard InChI is InChI=1S/C17H25N5OS/c1-4-13(8-7-12-9-10-24-11-12)18-16-19-14(5-2)20-17(22-16)21-15(23)6-3/h9-11,13H,4-8H2,1-3H3,(H2,18,19,20,21,22,23). The van der Waals surface area contributed by atoms with Gasteiger partial charge in [-0.25, -0.2) is 0 Å². The zero-order valence-electron chi connectivity index (χ0n) is 14.5. The Labute approximate surface area is 147 Å². The molecule has 0 bridgehead atoms. The number of hydrogen-bond donors (Lipinski definition) is 2. The number of amides is 1. The Morgan fingerprint density at radius 2 is 2.00 bits per heavy atom. The van der Waals surface area contributed by atoms with Crippen molar-refractivity contribution in [2.24, 2.45) is 0 Å². The molecule has 0 spiro atoms. The third-order valence-electron chi connectivity index (χ3n) is 3.76. The molecule has 2 aromatic heterocycles. The molecule has 2 heterocycles. The first-order chi connectivity index (χ1) is 11.6. The lowest BCUT2D eigenvalue weighted by molar-refractivity contribution is -0.115. The Morgan fingerprint density at radius 1 is 1.21 bits per heavy atom. The van der Waals surface area contributed by atoms with Crippen LogP contribution in [0.1, 0.15) is 51.4 Å². The van der Waals surface area contributed by atoms with Gasteiger partial charge in [0, 0.05) is 18.9 Å². The number of carbonyl (C=O) groups excluding carboxylic acids is 1. The van der Waals surface area contributed by atoms with E-state index in [-0.39, 0.29) is 11.9 Å². The molecular formula is C17H25N5OS. The minimum absolute atomic E-state index is 0.0984. The topological polar surface area (TPSA) is 79.8 Å². The van der Waals surface area contributed by atoms with Gasteiger partial charge in [0.05, 0.1) is 0 Å². The summed E-state index contributed by atoms with van der Waals surface area (Å²) in [6.07, 6.45) is 4.11. The second-order valence-corrected chi connectivity index (χ2v) is 6.35. The van der Waals surface area contributed by atoms with Gasteiger partial charge in [-0.1, -0.05) is 20.8 Å². The lowest BCUT2D eigenvalue weighted by Crippen LogP contribution is -2.22. The maximum atomic E-state index is 11.6. The minimum Gasteiger partial charge on any atom is -0.351 e. The normalized spacial score (nSPS) is 12.0. The number of anilines is 2. The summed E-state index contributed by atoms with van der Waals surface area (Å²) in [7, 11) is 0. The van der Waals surface area contributed by atoms with Gasteiger partial charge in [0.1, 0.15) is 5.82 Å². The van der Waals surface area contributed by atoms with E-state index in [2.05, 4.69) is 49.3 Å². The zero-order chi connectivity index (χ0) is 17.4. The average Bonchev–Trinajstić information content (AvgIpc) is 3.11. The number of rotatable bonds is 9. The van der Waals surface area contributed by atoms with E-state index in [1.54, 1.807) is 18.3 Å². The Hall–Kier alpha value is -2.02. The summed E-state index contributed by atoms with van der Waals surface area (Å²) < 4.78 is 0. The Bertz CT molecular complexity index is 644. The summed E-state index contributed by atoms with van der Waals surface area (Å²) in [5.74, 6) is 1.43. The fourth-order valence-corrected chi connectivity index (χ4v) is 2.95. The molecule has 0 saturated heterocycles. The van der Waals surface area contributed by atoms with Gasteiger partial charge in [0.2, 0.25) is 17.8 Å². The molecule has 7 heteroatoms. The zero-order valence-corrected chi connectivity index (χ0v) is 15.3. The quantitative estimate of drug-likeness (QED) is 0.723. The summed E-state index contributed by atoms with van der Waals surface area (Å²) in [6.45, 7) is 5.93. The van der Waals surface area contributed by atoms with Gasteiger partial charge in [-0.2, -0.15) is 26.3 Å². The van der Waals surface area contributed by atoms with Crippen molar-refractivity contribution in [2.45, 2.75) is 58.9 Å². The van der Waals surface area contributed by atoms with Crippen molar-refractivity contribution < 1.29 is 4.79 Å². The van der Waals surface area contributed by atoms with Gasteiger partial charge in [-0.05, 0) is 41.7 Å². The Morgan fingerprint density at radius 3 is 2.62 bits per heavy atom. The van der Waals surface area contributed by atoms with Crippen molar-refractivity contribution >= 4 is 29.1 Å². The third kappa shape index (κ3) is 5.56. The van der Waals surface area contributed by atoms with Crippen molar-refractivity contribution in [3.63, 3.8) is 0 Å². The number of nitrogens with zero attached hydrogens (tertiary/aromatic N) is 3. The van der Waals surface area contributed by atoms with Crippen molar-refractivity contribution in [3.8, 4) is 0 Å². The van der Waals surface area contributed by atoms with Crippen LogP contribution >= 0.6 is 11.3 Å². The van der Waals surface area contributed by atoms with Gasteiger partial charge in [-0.15, -0.1) is 0 Å². The van der Waals surface area contributed by atoms with Crippen LogP contribution < -0.4 is 10.6 Å². The largest absolute Gasteiger partial charge is 0.351 e. The van der Waals surface area contributed by atoms with Crippen molar-refractivity contribution in [3.05, 3.63) is 28.2 Å². The molecule has 0 aliphatic rings. The molecule has 1 unspecified atom stereocenters. The first-order valence-electron chi connectivity index (χ1n) is 8.47. The molecule has 0 aromatic carbocycles. The monoisotopic (exact) mass is 347 g/mol. The number of carbonyl (C=O) groups is 1. The van der Waals surface area contributed by atoms with Gasteiger partial charge in [-0.3, -0.25) is 10.1 Å².